The summed E-state index contributed by atoms with van der Waals surface area (Å²) in [5, 5.41) is 9.23. The Morgan fingerprint density at radius 2 is 2.47 bits per heavy atom. The van der Waals surface area contributed by atoms with Crippen molar-refractivity contribution in [2.24, 2.45) is 0 Å². The van der Waals surface area contributed by atoms with Crippen molar-refractivity contribution < 1.29 is 4.74 Å². The van der Waals surface area contributed by atoms with E-state index in [1.807, 2.05) is 6.92 Å². The van der Waals surface area contributed by atoms with Gasteiger partial charge in [-0.05, 0) is 29.3 Å². The zero-order valence-corrected chi connectivity index (χ0v) is 10.3. The standard InChI is InChI=1S/C9H14BrN3O2/c1-6(3-4-15-2)12-7-5-11-13-9(14)8(7)10/h5-6H,3-4H2,1-2H3,(H2,12,13,14). The van der Waals surface area contributed by atoms with Crippen molar-refractivity contribution in [3.8, 4) is 0 Å². The summed E-state index contributed by atoms with van der Waals surface area (Å²) in [6, 6.07) is 0.227. The molecule has 1 rings (SSSR count). The molecule has 6 heteroatoms. The number of hydrogen-bond acceptors (Lipinski definition) is 4. The van der Waals surface area contributed by atoms with E-state index in [2.05, 4.69) is 31.4 Å². The SMILES string of the molecule is COCCC(C)Nc1cn[nH]c(=O)c1Br. The highest BCUT2D eigenvalue weighted by molar-refractivity contribution is 9.10. The van der Waals surface area contributed by atoms with Crippen LogP contribution in [0.3, 0.4) is 0 Å². The zero-order chi connectivity index (χ0) is 11.3. The van der Waals surface area contributed by atoms with Gasteiger partial charge in [0.15, 0.2) is 0 Å². The molecule has 15 heavy (non-hydrogen) atoms. The summed E-state index contributed by atoms with van der Waals surface area (Å²) in [4.78, 5) is 11.2. The molecule has 0 saturated heterocycles. The second-order valence-corrected chi connectivity index (χ2v) is 4.05. The molecule has 0 fully saturated rings. The van der Waals surface area contributed by atoms with Crippen LogP contribution in [0, 0.1) is 0 Å². The summed E-state index contributed by atoms with van der Waals surface area (Å²) < 4.78 is 5.44. The van der Waals surface area contributed by atoms with Crippen molar-refractivity contribution in [2.45, 2.75) is 19.4 Å². The number of hydrogen-bond donors (Lipinski definition) is 2. The number of rotatable bonds is 5. The Morgan fingerprint density at radius 3 is 3.13 bits per heavy atom. The minimum Gasteiger partial charge on any atom is -0.385 e. The Morgan fingerprint density at radius 1 is 1.73 bits per heavy atom. The predicted molar refractivity (Wildman–Crippen MR) is 62.1 cm³/mol. The van der Waals surface area contributed by atoms with E-state index in [-0.39, 0.29) is 11.6 Å². The molecule has 0 aliphatic carbocycles. The Labute approximate surface area is 96.4 Å². The van der Waals surface area contributed by atoms with Crippen LogP contribution < -0.4 is 10.9 Å². The topological polar surface area (TPSA) is 67.0 Å². The number of nitrogens with one attached hydrogen (secondary N) is 2. The average Bonchev–Trinajstić information content (AvgIpc) is 2.22. The molecule has 1 aromatic rings. The summed E-state index contributed by atoms with van der Waals surface area (Å²) in [6.45, 7) is 2.70. The largest absolute Gasteiger partial charge is 0.385 e. The molecule has 0 spiro atoms. The van der Waals surface area contributed by atoms with E-state index < -0.39 is 0 Å². The normalized spacial score (nSPS) is 12.5. The van der Waals surface area contributed by atoms with Crippen molar-refractivity contribution in [3.05, 3.63) is 21.0 Å². The fourth-order valence-corrected chi connectivity index (χ4v) is 1.42. The van der Waals surface area contributed by atoms with Gasteiger partial charge in [-0.25, -0.2) is 5.10 Å². The fourth-order valence-electron chi connectivity index (χ4n) is 1.12. The number of nitrogens with zero attached hydrogens (tertiary/aromatic N) is 1. The highest BCUT2D eigenvalue weighted by atomic mass is 79.9. The molecule has 2 N–H and O–H groups in total. The third kappa shape index (κ3) is 3.64. The molecular formula is C9H14BrN3O2. The highest BCUT2D eigenvalue weighted by Crippen LogP contribution is 2.16. The Hall–Kier alpha value is -0.880. The van der Waals surface area contributed by atoms with E-state index in [1.54, 1.807) is 13.3 Å². The third-order valence-corrected chi connectivity index (χ3v) is 2.74. The van der Waals surface area contributed by atoms with Gasteiger partial charge in [-0.15, -0.1) is 0 Å². The summed E-state index contributed by atoms with van der Waals surface area (Å²) in [6.07, 6.45) is 2.45. The van der Waals surface area contributed by atoms with Gasteiger partial charge in [0.1, 0.15) is 4.47 Å². The molecule has 0 amide bonds. The molecular weight excluding hydrogens is 262 g/mol. The first kappa shape index (κ1) is 12.2. The van der Waals surface area contributed by atoms with Gasteiger partial charge in [-0.3, -0.25) is 4.79 Å². The number of anilines is 1. The van der Waals surface area contributed by atoms with Gasteiger partial charge in [0.05, 0.1) is 11.9 Å². The molecule has 0 saturated carbocycles. The molecule has 84 valence electrons. The van der Waals surface area contributed by atoms with Gasteiger partial charge in [-0.1, -0.05) is 0 Å². The first-order valence-corrected chi connectivity index (χ1v) is 5.43. The smallest absolute Gasteiger partial charge is 0.280 e. The number of methoxy groups -OCH3 is 1. The van der Waals surface area contributed by atoms with Crippen molar-refractivity contribution in [2.75, 3.05) is 19.0 Å². The van der Waals surface area contributed by atoms with Crippen LogP contribution in [-0.2, 0) is 4.74 Å². The number of H-pyrrole nitrogens is 1. The minimum absolute atomic E-state index is 0.227. The van der Waals surface area contributed by atoms with E-state index in [1.165, 1.54) is 0 Å². The maximum absolute atomic E-state index is 11.2. The molecule has 0 radical (unpaired) electrons. The lowest BCUT2D eigenvalue weighted by molar-refractivity contribution is 0.191. The first-order valence-electron chi connectivity index (χ1n) is 4.63. The quantitative estimate of drug-likeness (QED) is 0.852. The number of ether oxygens (including phenoxy) is 1. The Balaban J connectivity index is 2.64. The molecule has 0 aromatic carbocycles. The summed E-state index contributed by atoms with van der Waals surface area (Å²) in [7, 11) is 1.66. The van der Waals surface area contributed by atoms with Crippen molar-refractivity contribution >= 4 is 21.6 Å². The lowest BCUT2D eigenvalue weighted by Crippen LogP contribution is -2.20. The lowest BCUT2D eigenvalue weighted by Gasteiger charge is -2.14. The molecule has 0 aliphatic rings. The number of aromatic amines is 1. The van der Waals surface area contributed by atoms with E-state index in [0.717, 1.165) is 6.42 Å². The number of halogens is 1. The van der Waals surface area contributed by atoms with E-state index in [4.69, 9.17) is 4.74 Å². The Kier molecular flexibility index (Phi) is 4.77. The zero-order valence-electron chi connectivity index (χ0n) is 8.71. The van der Waals surface area contributed by atoms with Crippen LogP contribution in [0.4, 0.5) is 5.69 Å². The van der Waals surface area contributed by atoms with Crippen LogP contribution in [0.25, 0.3) is 0 Å². The van der Waals surface area contributed by atoms with Gasteiger partial charge in [-0.2, -0.15) is 5.10 Å². The monoisotopic (exact) mass is 275 g/mol. The van der Waals surface area contributed by atoms with E-state index in [0.29, 0.717) is 16.8 Å². The van der Waals surface area contributed by atoms with Crippen LogP contribution >= 0.6 is 15.9 Å². The van der Waals surface area contributed by atoms with Gasteiger partial charge in [0.2, 0.25) is 0 Å². The number of aromatic nitrogens is 2. The molecule has 5 nitrogen and oxygen atoms in total. The maximum atomic E-state index is 11.2. The second-order valence-electron chi connectivity index (χ2n) is 3.25. The van der Waals surface area contributed by atoms with Gasteiger partial charge in [0.25, 0.3) is 5.56 Å². The highest BCUT2D eigenvalue weighted by Gasteiger charge is 2.07. The first-order chi connectivity index (χ1) is 7.15. The summed E-state index contributed by atoms with van der Waals surface area (Å²) >= 11 is 3.20. The minimum atomic E-state index is -0.237. The van der Waals surface area contributed by atoms with Crippen molar-refractivity contribution in [3.63, 3.8) is 0 Å². The molecule has 1 heterocycles. The summed E-state index contributed by atoms with van der Waals surface area (Å²) in [5.74, 6) is 0. The van der Waals surface area contributed by atoms with Crippen LogP contribution in [0.5, 0.6) is 0 Å². The lowest BCUT2D eigenvalue weighted by atomic mass is 10.2. The van der Waals surface area contributed by atoms with Gasteiger partial charge < -0.3 is 10.1 Å². The van der Waals surface area contributed by atoms with Crippen LogP contribution in [0.15, 0.2) is 15.5 Å². The van der Waals surface area contributed by atoms with Crippen molar-refractivity contribution in [1.29, 1.82) is 0 Å². The van der Waals surface area contributed by atoms with Gasteiger partial charge in [0, 0.05) is 19.8 Å². The summed E-state index contributed by atoms with van der Waals surface area (Å²) in [5.41, 5.74) is 0.460. The van der Waals surface area contributed by atoms with Crippen molar-refractivity contribution in [1.82, 2.24) is 10.2 Å². The van der Waals surface area contributed by atoms with E-state index in [9.17, 15) is 4.79 Å². The van der Waals surface area contributed by atoms with E-state index >= 15 is 0 Å². The fraction of sp³-hybridized carbons (Fsp3) is 0.556. The van der Waals surface area contributed by atoms with Crippen LogP contribution in [-0.4, -0.2) is 30.0 Å². The third-order valence-electron chi connectivity index (χ3n) is 1.95. The molecule has 1 aromatic heterocycles. The molecule has 0 aliphatic heterocycles. The Bertz CT molecular complexity index is 367. The molecule has 1 atom stereocenters. The second kappa shape index (κ2) is 5.87. The molecule has 1 unspecified atom stereocenters. The van der Waals surface area contributed by atoms with Crippen LogP contribution in [0.2, 0.25) is 0 Å². The predicted octanol–water partition coefficient (Wildman–Crippen LogP) is 1.37. The van der Waals surface area contributed by atoms with Gasteiger partial charge >= 0.3 is 0 Å². The molecule has 0 bridgehead atoms. The average molecular weight is 276 g/mol. The van der Waals surface area contributed by atoms with Crippen LogP contribution in [0.1, 0.15) is 13.3 Å². The maximum Gasteiger partial charge on any atom is 0.280 e.